The summed E-state index contributed by atoms with van der Waals surface area (Å²) in [6.45, 7) is 19.7. The third kappa shape index (κ3) is 28.7. The van der Waals surface area contributed by atoms with Crippen molar-refractivity contribution in [2.45, 2.75) is 231 Å². The molecule has 3 aliphatic carbocycles. The SMILES string of the molecule is CCC(C)C1CCC(O)C(O)C1.CCC(C)C1CCC(OC(=O)C(O)CO)C(O)C1.CCC(C)C1CCC(SC(=O)C(O)CO)C(O)C1.CCC(C)c1ccc(C(=O)OCC(O)CO)cc1.CCC(C)c1ccc(OCC(O)CO)cc1. The molecular formula is C63H108O18S. The van der Waals surface area contributed by atoms with Gasteiger partial charge in [0.25, 0.3) is 0 Å². The molecule has 0 amide bonds. The standard InChI is InChI=1S/C14H20O4.C13H24O5.C13H24O4S.C13H20O3.C10H20O2/c1-3-10(2)11-4-6-12(7-5-11)14(17)18-9-13(16)8-15;2*1-3-8(2)9-4-5-12(10(15)6-9)18-13(17)11(16)7-14;1-3-10(2)11-4-6-13(7-5-11)16-9-12(15)8-14;1-3-7(2)8-4-5-9(11)10(12)6-8/h4-7,10,13,15-16H,3,8-9H2,1-2H3;2*8-12,14-16H,3-7H2,1-2H3;4-7,10,12,14-15H,3,8-9H2,1-2H3;7-12H,3-6H2,1-2H3. The van der Waals surface area contributed by atoms with Crippen molar-refractivity contribution in [3.05, 3.63) is 65.2 Å². The van der Waals surface area contributed by atoms with E-state index in [2.05, 4.69) is 69.2 Å². The molecule has 0 heterocycles. The molecule has 0 radical (unpaired) electrons. The average molecular weight is 1190 g/mol. The van der Waals surface area contributed by atoms with Gasteiger partial charge in [-0.2, -0.15) is 0 Å². The van der Waals surface area contributed by atoms with E-state index in [1.165, 1.54) is 17.5 Å². The highest BCUT2D eigenvalue weighted by Gasteiger charge is 2.36. The molecule has 3 aliphatic rings. The van der Waals surface area contributed by atoms with Gasteiger partial charge in [-0.05, 0) is 153 Å². The number of carbonyl (C=O) groups excluding carboxylic acids is 3. The molecule has 0 bridgehead atoms. The topological polar surface area (TPSA) is 322 Å². The predicted molar refractivity (Wildman–Crippen MR) is 319 cm³/mol. The summed E-state index contributed by atoms with van der Waals surface area (Å²) in [6.07, 6.45) is 5.53. The Labute approximate surface area is 494 Å². The molecule has 19 heteroatoms. The Morgan fingerprint density at radius 1 is 0.512 bits per heavy atom. The maximum absolute atomic E-state index is 11.6. The van der Waals surface area contributed by atoms with Gasteiger partial charge >= 0.3 is 11.9 Å². The molecule has 0 spiro atoms. The Kier molecular flexibility index (Phi) is 39.8. The number of thioether (sulfide) groups is 1. The summed E-state index contributed by atoms with van der Waals surface area (Å²) >= 11 is 0.984. The first-order chi connectivity index (χ1) is 38.9. The zero-order valence-electron chi connectivity index (χ0n) is 50.9. The zero-order chi connectivity index (χ0) is 62.1. The number of ether oxygens (including phenoxy) is 3. The summed E-state index contributed by atoms with van der Waals surface area (Å²) in [5.41, 5.74) is 2.93. The van der Waals surface area contributed by atoms with Crippen molar-refractivity contribution in [1.82, 2.24) is 0 Å². The van der Waals surface area contributed by atoms with Gasteiger partial charge in [-0.15, -0.1) is 0 Å². The van der Waals surface area contributed by atoms with Crippen molar-refractivity contribution in [2.24, 2.45) is 35.5 Å². The minimum absolute atomic E-state index is 0.124. The van der Waals surface area contributed by atoms with Crippen molar-refractivity contribution < 1.29 is 89.9 Å². The van der Waals surface area contributed by atoms with Gasteiger partial charge in [0.1, 0.15) is 43.4 Å². The van der Waals surface area contributed by atoms with E-state index in [0.717, 1.165) is 88.1 Å². The number of hydrogen-bond donors (Lipinski definition) is 12. The van der Waals surface area contributed by atoms with Crippen LogP contribution in [0.25, 0.3) is 0 Å². The smallest absolute Gasteiger partial charge is 0.338 e. The Bertz CT molecular complexity index is 1920. The molecule has 474 valence electrons. The van der Waals surface area contributed by atoms with E-state index < -0.39 is 91.8 Å². The van der Waals surface area contributed by atoms with Crippen LogP contribution in [-0.4, -0.2) is 178 Å². The van der Waals surface area contributed by atoms with Crippen LogP contribution >= 0.6 is 11.8 Å². The van der Waals surface area contributed by atoms with Crippen LogP contribution in [0.4, 0.5) is 0 Å². The van der Waals surface area contributed by atoms with E-state index in [4.69, 9.17) is 50.0 Å². The first kappa shape index (κ1) is 76.7. The first-order valence-corrected chi connectivity index (χ1v) is 31.0. The minimum atomic E-state index is -1.51. The summed E-state index contributed by atoms with van der Waals surface area (Å²) < 4.78 is 15.2. The average Bonchev–Trinajstić information content (AvgIpc) is 3.52. The van der Waals surface area contributed by atoms with Crippen LogP contribution in [0, 0.1) is 35.5 Å². The molecular weight excluding hydrogens is 1080 g/mol. The Morgan fingerprint density at radius 3 is 1.38 bits per heavy atom. The summed E-state index contributed by atoms with van der Waals surface area (Å²) in [7, 11) is 0. The molecule has 0 aromatic heterocycles. The van der Waals surface area contributed by atoms with Gasteiger partial charge in [-0.3, -0.25) is 4.79 Å². The second kappa shape index (κ2) is 42.5. The van der Waals surface area contributed by atoms with Gasteiger partial charge < -0.3 is 75.5 Å². The van der Waals surface area contributed by atoms with Gasteiger partial charge in [0.2, 0.25) is 5.12 Å². The number of carbonyl (C=O) groups is 3. The van der Waals surface area contributed by atoms with E-state index in [-0.39, 0.29) is 25.1 Å². The van der Waals surface area contributed by atoms with Crippen LogP contribution < -0.4 is 4.74 Å². The fraction of sp³-hybridized carbons (Fsp3) is 0.762. The maximum atomic E-state index is 11.6. The van der Waals surface area contributed by atoms with Crippen LogP contribution in [0.3, 0.4) is 0 Å². The van der Waals surface area contributed by atoms with E-state index in [1.54, 1.807) is 12.1 Å². The first-order valence-electron chi connectivity index (χ1n) is 30.2. The summed E-state index contributed by atoms with van der Waals surface area (Å²) in [5.74, 6) is 3.84. The van der Waals surface area contributed by atoms with Crippen molar-refractivity contribution in [3.8, 4) is 5.75 Å². The molecule has 0 aliphatic heterocycles. The van der Waals surface area contributed by atoms with Gasteiger partial charge in [-0.1, -0.05) is 125 Å². The van der Waals surface area contributed by atoms with Crippen molar-refractivity contribution in [2.75, 3.05) is 39.6 Å². The second-order valence-electron chi connectivity index (χ2n) is 22.9. The molecule has 2 aromatic rings. The van der Waals surface area contributed by atoms with Gasteiger partial charge in [0, 0.05) is 5.25 Å². The number of aliphatic hydroxyl groups is 12. The lowest BCUT2D eigenvalue weighted by atomic mass is 9.77. The van der Waals surface area contributed by atoms with Gasteiger partial charge in [-0.25, -0.2) is 9.59 Å². The summed E-state index contributed by atoms with van der Waals surface area (Å²) in [6, 6.07) is 15.1. The minimum Gasteiger partial charge on any atom is -0.491 e. The molecule has 3 fully saturated rings. The summed E-state index contributed by atoms with van der Waals surface area (Å²) in [4.78, 5) is 34.4. The molecule has 3 saturated carbocycles. The molecule has 0 saturated heterocycles. The molecule has 18 unspecified atom stereocenters. The Hall–Kier alpha value is -3.28. The third-order valence-corrected chi connectivity index (χ3v) is 18.2. The highest BCUT2D eigenvalue weighted by molar-refractivity contribution is 8.14. The molecule has 18 atom stereocenters. The van der Waals surface area contributed by atoms with E-state index in [1.807, 2.05) is 36.4 Å². The molecule has 2 aromatic carbocycles. The van der Waals surface area contributed by atoms with Crippen LogP contribution in [0.15, 0.2) is 48.5 Å². The highest BCUT2D eigenvalue weighted by atomic mass is 32.2. The monoisotopic (exact) mass is 1180 g/mol. The van der Waals surface area contributed by atoms with Crippen LogP contribution in [0.5, 0.6) is 5.75 Å². The fourth-order valence-corrected chi connectivity index (χ4v) is 10.8. The largest absolute Gasteiger partial charge is 0.491 e. The lowest BCUT2D eigenvalue weighted by molar-refractivity contribution is -0.170. The van der Waals surface area contributed by atoms with Crippen molar-refractivity contribution in [3.63, 3.8) is 0 Å². The number of rotatable bonds is 24. The molecule has 82 heavy (non-hydrogen) atoms. The Balaban J connectivity index is 0.000000516. The normalized spacial score (nSPS) is 25.7. The van der Waals surface area contributed by atoms with Gasteiger partial charge in [0.15, 0.2) is 6.10 Å². The number of benzene rings is 2. The predicted octanol–water partition coefficient (Wildman–Crippen LogP) is 6.83. The number of aliphatic hydroxyl groups excluding tert-OH is 12. The lowest BCUT2D eigenvalue weighted by Gasteiger charge is -2.35. The van der Waals surface area contributed by atoms with E-state index in [0.29, 0.717) is 65.7 Å². The highest BCUT2D eigenvalue weighted by Crippen LogP contribution is 2.38. The number of hydrogen-bond acceptors (Lipinski definition) is 19. The van der Waals surface area contributed by atoms with Crippen molar-refractivity contribution >= 4 is 28.8 Å². The quantitative estimate of drug-likeness (QED) is 0.0479. The van der Waals surface area contributed by atoms with Crippen LogP contribution in [-0.2, 0) is 19.1 Å². The van der Waals surface area contributed by atoms with E-state index in [9.17, 15) is 39.9 Å². The number of esters is 2. The maximum Gasteiger partial charge on any atom is 0.338 e. The van der Waals surface area contributed by atoms with Crippen LogP contribution in [0.2, 0.25) is 0 Å². The van der Waals surface area contributed by atoms with E-state index >= 15 is 0 Å². The summed E-state index contributed by atoms with van der Waals surface area (Å²) in [5, 5.41) is 109. The molecule has 12 N–H and O–H groups in total. The second-order valence-corrected chi connectivity index (χ2v) is 24.1. The third-order valence-electron chi connectivity index (χ3n) is 16.8. The van der Waals surface area contributed by atoms with Crippen LogP contribution in [0.1, 0.15) is 192 Å². The van der Waals surface area contributed by atoms with Gasteiger partial charge in [0.05, 0.1) is 56.4 Å². The fourth-order valence-electron chi connectivity index (χ4n) is 9.76. The van der Waals surface area contributed by atoms with Crippen molar-refractivity contribution in [1.29, 1.82) is 0 Å². The molecule has 18 nitrogen and oxygen atoms in total. The molecule has 5 rings (SSSR count). The Morgan fingerprint density at radius 2 is 0.951 bits per heavy atom. The lowest BCUT2D eigenvalue weighted by Crippen LogP contribution is -2.41. The zero-order valence-corrected chi connectivity index (χ0v) is 51.7.